The molecule has 0 amide bonds. The molecule has 1 aliphatic heterocycles. The molecule has 0 saturated carbocycles. The van der Waals surface area contributed by atoms with E-state index in [9.17, 15) is 8.42 Å². The number of rotatable bonds is 10. The van der Waals surface area contributed by atoms with Gasteiger partial charge in [-0.15, -0.1) is 0 Å². The lowest BCUT2D eigenvalue weighted by molar-refractivity contribution is 0.252. The monoisotopic (exact) mass is 508 g/mol. The summed E-state index contributed by atoms with van der Waals surface area (Å²) in [6, 6.07) is 21.6. The molecule has 4 aromatic rings. The fourth-order valence-electron chi connectivity index (χ4n) is 4.72. The van der Waals surface area contributed by atoms with Crippen molar-refractivity contribution in [2.24, 2.45) is 0 Å². The summed E-state index contributed by atoms with van der Waals surface area (Å²) in [5, 5.41) is 3.25. The Morgan fingerprint density at radius 3 is 2.43 bits per heavy atom. The molecule has 1 aliphatic rings. The van der Waals surface area contributed by atoms with E-state index in [1.807, 2.05) is 30.3 Å². The quantitative estimate of drug-likeness (QED) is 0.302. The van der Waals surface area contributed by atoms with Crippen molar-refractivity contribution in [2.45, 2.75) is 30.6 Å². The first kappa shape index (κ1) is 24.2. The number of hydrogen-bond acceptors (Lipinski definition) is 6. The Hall–Kier alpha value is -2.52. The predicted octanol–water partition coefficient (Wildman–Crippen LogP) is 5.11. The SMILES string of the molecule is O=S(=O)(NCCCCCCN1CCN(c2nsc3ccccc23)CC1)c1ccc2ccccc2c1. The summed E-state index contributed by atoms with van der Waals surface area (Å²) in [6.45, 7) is 5.76. The lowest BCUT2D eigenvalue weighted by atomic mass is 10.1. The Bertz CT molecular complexity index is 1380. The number of piperazine rings is 1. The van der Waals surface area contributed by atoms with Gasteiger partial charge >= 0.3 is 0 Å². The first-order valence-corrected chi connectivity index (χ1v) is 14.7. The smallest absolute Gasteiger partial charge is 0.240 e. The standard InChI is InChI=1S/C27H32N4O2S2/c32-35(33,24-14-13-22-9-3-4-10-23(22)21-24)28-15-7-1-2-8-16-30-17-19-31(20-18-30)27-25-11-5-6-12-26(25)34-29-27/h3-6,9-14,21,28H,1-2,7-8,15-20H2. The average Bonchev–Trinajstić information content (AvgIpc) is 3.32. The minimum absolute atomic E-state index is 0.334. The summed E-state index contributed by atoms with van der Waals surface area (Å²) in [5.41, 5.74) is 0. The van der Waals surface area contributed by atoms with Gasteiger partial charge in [0.15, 0.2) is 0 Å². The van der Waals surface area contributed by atoms with Gasteiger partial charge in [-0.1, -0.05) is 55.3 Å². The molecule has 2 heterocycles. The Labute approximate surface area is 211 Å². The van der Waals surface area contributed by atoms with Gasteiger partial charge in [0.1, 0.15) is 5.82 Å². The van der Waals surface area contributed by atoms with Crippen molar-refractivity contribution in [1.29, 1.82) is 0 Å². The molecule has 0 radical (unpaired) electrons. The fourth-order valence-corrected chi connectivity index (χ4v) is 6.63. The van der Waals surface area contributed by atoms with Gasteiger partial charge in [-0.3, -0.25) is 4.90 Å². The molecule has 1 fully saturated rings. The summed E-state index contributed by atoms with van der Waals surface area (Å²) in [7, 11) is -3.47. The van der Waals surface area contributed by atoms with Crippen LogP contribution in [0.3, 0.4) is 0 Å². The molecule has 6 nitrogen and oxygen atoms in total. The lowest BCUT2D eigenvalue weighted by Crippen LogP contribution is -2.46. The van der Waals surface area contributed by atoms with Gasteiger partial charge in [0.05, 0.1) is 9.60 Å². The van der Waals surface area contributed by atoms with Crippen LogP contribution in [0.2, 0.25) is 0 Å². The first-order valence-electron chi connectivity index (χ1n) is 12.4. The second-order valence-corrected chi connectivity index (χ2v) is 11.7. The third-order valence-electron chi connectivity index (χ3n) is 6.75. The van der Waals surface area contributed by atoms with Gasteiger partial charge in [-0.25, -0.2) is 13.1 Å². The van der Waals surface area contributed by atoms with Crippen LogP contribution in [0, 0.1) is 0 Å². The molecule has 0 unspecified atom stereocenters. The van der Waals surface area contributed by atoms with E-state index in [1.54, 1.807) is 23.7 Å². The lowest BCUT2D eigenvalue weighted by Gasteiger charge is -2.35. The average molecular weight is 509 g/mol. The molecule has 0 atom stereocenters. The van der Waals surface area contributed by atoms with Gasteiger partial charge in [-0.05, 0) is 66.0 Å². The molecule has 0 aliphatic carbocycles. The molecule has 8 heteroatoms. The van der Waals surface area contributed by atoms with E-state index in [2.05, 4.69) is 38.8 Å². The molecular weight excluding hydrogens is 476 g/mol. The van der Waals surface area contributed by atoms with E-state index in [0.29, 0.717) is 11.4 Å². The van der Waals surface area contributed by atoms with Crippen LogP contribution >= 0.6 is 11.5 Å². The summed E-state index contributed by atoms with van der Waals surface area (Å²) in [4.78, 5) is 5.28. The van der Waals surface area contributed by atoms with Gasteiger partial charge in [0.2, 0.25) is 10.0 Å². The van der Waals surface area contributed by atoms with Crippen molar-refractivity contribution < 1.29 is 8.42 Å². The number of anilines is 1. The van der Waals surface area contributed by atoms with Crippen molar-refractivity contribution in [3.05, 3.63) is 66.7 Å². The van der Waals surface area contributed by atoms with E-state index in [4.69, 9.17) is 4.37 Å². The second-order valence-electron chi connectivity index (χ2n) is 9.15. The van der Waals surface area contributed by atoms with Gasteiger partial charge in [0, 0.05) is 38.1 Å². The highest BCUT2D eigenvalue weighted by Crippen LogP contribution is 2.29. The van der Waals surface area contributed by atoms with Crippen LogP contribution in [-0.4, -0.2) is 57.0 Å². The Morgan fingerprint density at radius 2 is 1.57 bits per heavy atom. The van der Waals surface area contributed by atoms with Gasteiger partial charge in [0.25, 0.3) is 0 Å². The summed E-state index contributed by atoms with van der Waals surface area (Å²) in [6.07, 6.45) is 4.16. The minimum atomic E-state index is -3.47. The minimum Gasteiger partial charge on any atom is -0.353 e. The van der Waals surface area contributed by atoms with Crippen molar-refractivity contribution in [3.63, 3.8) is 0 Å². The number of nitrogens with zero attached hydrogens (tertiary/aromatic N) is 3. The van der Waals surface area contributed by atoms with E-state index < -0.39 is 10.0 Å². The third-order valence-corrected chi connectivity index (χ3v) is 9.03. The maximum absolute atomic E-state index is 12.6. The predicted molar refractivity (Wildman–Crippen MR) is 146 cm³/mol. The molecule has 0 spiro atoms. The van der Waals surface area contributed by atoms with Crippen molar-refractivity contribution >= 4 is 48.2 Å². The Morgan fingerprint density at radius 1 is 0.829 bits per heavy atom. The van der Waals surface area contributed by atoms with Crippen LogP contribution in [-0.2, 0) is 10.0 Å². The van der Waals surface area contributed by atoms with Gasteiger partial charge in [-0.2, -0.15) is 4.37 Å². The van der Waals surface area contributed by atoms with Gasteiger partial charge < -0.3 is 4.90 Å². The number of sulfonamides is 1. The van der Waals surface area contributed by atoms with Crippen molar-refractivity contribution in [1.82, 2.24) is 14.0 Å². The van der Waals surface area contributed by atoms with Crippen LogP contribution in [0.4, 0.5) is 5.82 Å². The van der Waals surface area contributed by atoms with Crippen LogP contribution in [0.1, 0.15) is 25.7 Å². The van der Waals surface area contributed by atoms with Crippen LogP contribution in [0.15, 0.2) is 71.6 Å². The number of benzene rings is 3. The van der Waals surface area contributed by atoms with Crippen LogP contribution in [0.25, 0.3) is 20.9 Å². The molecule has 0 bridgehead atoms. The normalized spacial score (nSPS) is 15.3. The molecule has 3 aromatic carbocycles. The third kappa shape index (κ3) is 5.83. The molecular formula is C27H32N4O2S2. The van der Waals surface area contributed by atoms with E-state index in [0.717, 1.165) is 75.0 Å². The molecule has 184 valence electrons. The molecule has 5 rings (SSSR count). The van der Waals surface area contributed by atoms with Crippen molar-refractivity contribution in [3.8, 4) is 0 Å². The zero-order valence-corrected chi connectivity index (χ0v) is 21.5. The van der Waals surface area contributed by atoms with E-state index in [-0.39, 0.29) is 0 Å². The maximum Gasteiger partial charge on any atom is 0.240 e. The summed E-state index contributed by atoms with van der Waals surface area (Å²) in [5.74, 6) is 1.14. The highest BCUT2D eigenvalue weighted by atomic mass is 32.2. The Balaban J connectivity index is 0.985. The zero-order chi connectivity index (χ0) is 24.1. The van der Waals surface area contributed by atoms with E-state index in [1.165, 1.54) is 10.1 Å². The second kappa shape index (κ2) is 11.0. The summed E-state index contributed by atoms with van der Waals surface area (Å²) >= 11 is 1.58. The highest BCUT2D eigenvalue weighted by molar-refractivity contribution is 7.89. The molecule has 1 saturated heterocycles. The maximum atomic E-state index is 12.6. The molecule has 35 heavy (non-hydrogen) atoms. The number of hydrogen-bond donors (Lipinski definition) is 1. The largest absolute Gasteiger partial charge is 0.353 e. The number of fused-ring (bicyclic) bond motifs is 2. The van der Waals surface area contributed by atoms with E-state index >= 15 is 0 Å². The molecule has 1 aromatic heterocycles. The Kier molecular flexibility index (Phi) is 7.63. The van der Waals surface area contributed by atoms with Crippen LogP contribution < -0.4 is 9.62 Å². The highest BCUT2D eigenvalue weighted by Gasteiger charge is 2.20. The summed E-state index contributed by atoms with van der Waals surface area (Å²) < 4.78 is 34.0. The number of nitrogens with one attached hydrogen (secondary N) is 1. The topological polar surface area (TPSA) is 65.5 Å². The first-order chi connectivity index (χ1) is 17.1. The molecule has 1 N–H and O–H groups in total. The van der Waals surface area contributed by atoms with Crippen molar-refractivity contribution in [2.75, 3.05) is 44.2 Å². The number of unbranched alkanes of at least 4 members (excludes halogenated alkanes) is 3. The number of aromatic nitrogens is 1. The van der Waals surface area contributed by atoms with Crippen LogP contribution in [0.5, 0.6) is 0 Å². The zero-order valence-electron chi connectivity index (χ0n) is 19.9. The fraction of sp³-hybridized carbons (Fsp3) is 0.370.